The van der Waals surface area contributed by atoms with E-state index in [1.807, 2.05) is 0 Å². The Labute approximate surface area is 188 Å². The third-order valence-electron chi connectivity index (χ3n) is 6.10. The minimum atomic E-state index is -3.77. The van der Waals surface area contributed by atoms with Gasteiger partial charge in [0.25, 0.3) is 5.91 Å². The molecule has 2 fully saturated rings. The fourth-order valence-corrected chi connectivity index (χ4v) is 6.00. The number of phenols is 1. The first kappa shape index (κ1) is 22.3. The van der Waals surface area contributed by atoms with Crippen LogP contribution in [0, 0.1) is 0 Å². The fourth-order valence-electron chi connectivity index (χ4n) is 4.33. The molecule has 2 heterocycles. The molecule has 0 spiro atoms. The molecule has 2 saturated heterocycles. The number of hydrogen-bond donors (Lipinski definition) is 1. The predicted molar refractivity (Wildman–Crippen MR) is 119 cm³/mol. The highest BCUT2D eigenvalue weighted by molar-refractivity contribution is 7.89. The second-order valence-electron chi connectivity index (χ2n) is 8.08. The summed E-state index contributed by atoms with van der Waals surface area (Å²) in [5.74, 6) is -0.556. The Kier molecular flexibility index (Phi) is 6.48. The highest BCUT2D eigenvalue weighted by Gasteiger charge is 2.40. The van der Waals surface area contributed by atoms with Crippen molar-refractivity contribution in [1.29, 1.82) is 0 Å². The number of para-hydroxylation sites is 1. The van der Waals surface area contributed by atoms with Crippen LogP contribution in [0.25, 0.3) is 0 Å². The number of benzene rings is 2. The monoisotopic (exact) mass is 457 g/mol. The van der Waals surface area contributed by atoms with Gasteiger partial charge in [0.1, 0.15) is 11.8 Å². The van der Waals surface area contributed by atoms with Crippen molar-refractivity contribution in [2.75, 3.05) is 32.7 Å². The molecule has 1 N–H and O–H groups in total. The maximum Gasteiger partial charge on any atom is 0.257 e. The number of piperidine rings is 1. The summed E-state index contributed by atoms with van der Waals surface area (Å²) in [5, 5.41) is 9.95. The molecule has 0 aromatic heterocycles. The van der Waals surface area contributed by atoms with Gasteiger partial charge in [0.05, 0.1) is 10.5 Å². The van der Waals surface area contributed by atoms with E-state index in [4.69, 9.17) is 0 Å². The van der Waals surface area contributed by atoms with Gasteiger partial charge in [0.2, 0.25) is 15.9 Å². The molecule has 2 aliphatic rings. The summed E-state index contributed by atoms with van der Waals surface area (Å²) in [7, 11) is -3.77. The van der Waals surface area contributed by atoms with Crippen LogP contribution < -0.4 is 0 Å². The van der Waals surface area contributed by atoms with Crippen LogP contribution >= 0.6 is 0 Å². The molecule has 4 rings (SSSR count). The van der Waals surface area contributed by atoms with Crippen LogP contribution in [0.1, 0.15) is 29.6 Å². The van der Waals surface area contributed by atoms with E-state index in [0.29, 0.717) is 39.1 Å². The molecule has 9 heteroatoms. The molecule has 0 saturated carbocycles. The zero-order valence-electron chi connectivity index (χ0n) is 17.8. The Hall–Kier alpha value is -2.91. The fraction of sp³-hybridized carbons (Fsp3) is 0.391. The summed E-state index contributed by atoms with van der Waals surface area (Å²) in [5.41, 5.74) is 0.236. The number of rotatable bonds is 4. The zero-order valence-corrected chi connectivity index (χ0v) is 18.6. The van der Waals surface area contributed by atoms with Crippen molar-refractivity contribution in [2.45, 2.75) is 30.2 Å². The highest BCUT2D eigenvalue weighted by atomic mass is 32.2. The number of nitrogens with zero attached hydrogens (tertiary/aromatic N) is 3. The molecule has 1 unspecified atom stereocenters. The lowest BCUT2D eigenvalue weighted by Crippen LogP contribution is -2.57. The minimum Gasteiger partial charge on any atom is -0.507 e. The highest BCUT2D eigenvalue weighted by Crippen LogP contribution is 2.27. The molecule has 170 valence electrons. The molecule has 0 bridgehead atoms. The van der Waals surface area contributed by atoms with Crippen molar-refractivity contribution in [3.8, 4) is 5.75 Å². The van der Waals surface area contributed by atoms with E-state index >= 15 is 0 Å². The molecular weight excluding hydrogens is 430 g/mol. The van der Waals surface area contributed by atoms with Gasteiger partial charge in [0, 0.05) is 32.7 Å². The Morgan fingerprint density at radius 1 is 0.812 bits per heavy atom. The van der Waals surface area contributed by atoms with Crippen LogP contribution in [0.4, 0.5) is 0 Å². The van der Waals surface area contributed by atoms with Gasteiger partial charge in [-0.05, 0) is 37.1 Å². The number of hydrogen-bond acceptors (Lipinski definition) is 5. The first-order valence-electron chi connectivity index (χ1n) is 10.8. The van der Waals surface area contributed by atoms with E-state index in [0.717, 1.165) is 12.8 Å². The summed E-state index contributed by atoms with van der Waals surface area (Å²) in [4.78, 5) is 29.5. The number of amides is 2. The van der Waals surface area contributed by atoms with E-state index in [1.54, 1.807) is 58.3 Å². The Balaban J connectivity index is 1.45. The molecule has 0 aliphatic carbocycles. The van der Waals surface area contributed by atoms with Crippen LogP contribution in [0.3, 0.4) is 0 Å². The molecule has 2 aliphatic heterocycles. The van der Waals surface area contributed by atoms with Crippen LogP contribution in [-0.2, 0) is 14.8 Å². The van der Waals surface area contributed by atoms with Gasteiger partial charge in [-0.3, -0.25) is 9.59 Å². The van der Waals surface area contributed by atoms with Crippen molar-refractivity contribution >= 4 is 21.8 Å². The summed E-state index contributed by atoms with van der Waals surface area (Å²) in [6.45, 7) is 1.63. The summed E-state index contributed by atoms with van der Waals surface area (Å²) in [6, 6.07) is 13.9. The third kappa shape index (κ3) is 4.35. The van der Waals surface area contributed by atoms with Gasteiger partial charge in [-0.2, -0.15) is 4.31 Å². The maximum absolute atomic E-state index is 13.3. The lowest BCUT2D eigenvalue weighted by atomic mass is 10.0. The number of piperazine rings is 1. The van der Waals surface area contributed by atoms with Crippen molar-refractivity contribution < 1.29 is 23.1 Å². The molecular formula is C23H27N3O5S. The number of aromatic hydroxyl groups is 1. The van der Waals surface area contributed by atoms with Gasteiger partial charge < -0.3 is 14.9 Å². The van der Waals surface area contributed by atoms with E-state index in [2.05, 4.69) is 0 Å². The van der Waals surface area contributed by atoms with E-state index < -0.39 is 16.1 Å². The lowest BCUT2D eigenvalue weighted by Gasteiger charge is -2.40. The first-order chi connectivity index (χ1) is 15.4. The average Bonchev–Trinajstić information content (AvgIpc) is 2.84. The molecule has 1 atom stereocenters. The first-order valence-corrected chi connectivity index (χ1v) is 12.3. The van der Waals surface area contributed by atoms with Gasteiger partial charge in [-0.25, -0.2) is 8.42 Å². The molecule has 2 aromatic rings. The van der Waals surface area contributed by atoms with Crippen LogP contribution in [0.2, 0.25) is 0 Å². The quantitative estimate of drug-likeness (QED) is 0.757. The standard InChI is InChI=1S/C23H27N3O5S/c27-21-12-5-4-10-19(21)22(28)24-14-16-25(17-15-24)23(29)20-11-6-7-13-26(20)32(30,31)18-8-2-1-3-9-18/h1-5,8-10,12,20,27H,6-7,11,13-17H2. The Morgan fingerprint density at radius 3 is 2.12 bits per heavy atom. The zero-order chi connectivity index (χ0) is 22.7. The van der Waals surface area contributed by atoms with Crippen molar-refractivity contribution in [3.63, 3.8) is 0 Å². The predicted octanol–water partition coefficient (Wildman–Crippen LogP) is 1.92. The molecule has 2 aromatic carbocycles. The van der Waals surface area contributed by atoms with Crippen molar-refractivity contribution in [3.05, 3.63) is 60.2 Å². The van der Waals surface area contributed by atoms with Crippen molar-refractivity contribution in [1.82, 2.24) is 14.1 Å². The van der Waals surface area contributed by atoms with Crippen molar-refractivity contribution in [2.24, 2.45) is 0 Å². The van der Waals surface area contributed by atoms with Gasteiger partial charge >= 0.3 is 0 Å². The van der Waals surface area contributed by atoms with Gasteiger partial charge in [-0.15, -0.1) is 0 Å². The minimum absolute atomic E-state index is 0.0695. The van der Waals surface area contributed by atoms with Gasteiger partial charge in [0.15, 0.2) is 0 Å². The summed E-state index contributed by atoms with van der Waals surface area (Å²) in [6.07, 6.45) is 2.00. The van der Waals surface area contributed by atoms with Crippen LogP contribution in [0.15, 0.2) is 59.5 Å². The largest absolute Gasteiger partial charge is 0.507 e. The van der Waals surface area contributed by atoms with E-state index in [-0.39, 0.29) is 28.0 Å². The SMILES string of the molecule is O=C(c1ccccc1O)N1CCN(C(=O)C2CCCCN2S(=O)(=O)c2ccccc2)CC1. The Morgan fingerprint density at radius 2 is 1.44 bits per heavy atom. The van der Waals surface area contributed by atoms with Crippen LogP contribution in [-0.4, -0.2) is 78.2 Å². The Bertz CT molecular complexity index is 1080. The van der Waals surface area contributed by atoms with E-state index in [1.165, 1.54) is 10.4 Å². The van der Waals surface area contributed by atoms with Gasteiger partial charge in [-0.1, -0.05) is 36.8 Å². The van der Waals surface area contributed by atoms with Crippen LogP contribution in [0.5, 0.6) is 5.75 Å². The topological polar surface area (TPSA) is 98.2 Å². The second kappa shape index (κ2) is 9.30. The second-order valence-corrected chi connectivity index (χ2v) is 9.97. The smallest absolute Gasteiger partial charge is 0.257 e. The molecule has 8 nitrogen and oxygen atoms in total. The number of carbonyl (C=O) groups is 2. The molecule has 32 heavy (non-hydrogen) atoms. The number of phenolic OH excluding ortho intramolecular Hbond substituents is 1. The number of carbonyl (C=O) groups excluding carboxylic acids is 2. The number of sulfonamides is 1. The van der Waals surface area contributed by atoms with E-state index in [9.17, 15) is 23.1 Å². The normalized spacial score (nSPS) is 20.2. The lowest BCUT2D eigenvalue weighted by molar-refractivity contribution is -0.137. The molecule has 2 amide bonds. The summed E-state index contributed by atoms with van der Waals surface area (Å²) < 4.78 is 27.7. The summed E-state index contributed by atoms with van der Waals surface area (Å²) >= 11 is 0. The average molecular weight is 458 g/mol. The molecule has 0 radical (unpaired) electrons. The third-order valence-corrected chi connectivity index (χ3v) is 8.02. The maximum atomic E-state index is 13.3.